The highest BCUT2D eigenvalue weighted by Crippen LogP contribution is 2.41. The molecule has 1 aromatic carbocycles. The van der Waals surface area contributed by atoms with Crippen molar-refractivity contribution in [3.05, 3.63) is 29.3 Å². The van der Waals surface area contributed by atoms with Crippen LogP contribution in [-0.4, -0.2) is 52.1 Å². The zero-order valence-corrected chi connectivity index (χ0v) is 17.4. The summed E-state index contributed by atoms with van der Waals surface area (Å²) in [6.07, 6.45) is -4.28. The number of halogens is 7. The summed E-state index contributed by atoms with van der Waals surface area (Å²) in [5.41, 5.74) is 5.77. The molecule has 5 nitrogen and oxygen atoms in total. The van der Waals surface area contributed by atoms with Gasteiger partial charge in [-0.25, -0.2) is 35.7 Å². The minimum Gasteiger partial charge on any atom is -0.341 e. The van der Waals surface area contributed by atoms with Gasteiger partial charge in [0, 0.05) is 24.8 Å². The largest absolute Gasteiger partial charge is 0.341 e. The van der Waals surface area contributed by atoms with E-state index in [-0.39, 0.29) is 54.0 Å². The average Bonchev–Trinajstić information content (AvgIpc) is 3.15. The van der Waals surface area contributed by atoms with Gasteiger partial charge in [-0.2, -0.15) is 0 Å². The third-order valence-corrected chi connectivity index (χ3v) is 6.47. The van der Waals surface area contributed by atoms with Gasteiger partial charge in [-0.1, -0.05) is 6.07 Å². The molecule has 1 saturated carbocycles. The van der Waals surface area contributed by atoms with Crippen molar-refractivity contribution in [2.24, 2.45) is 11.7 Å². The van der Waals surface area contributed by atoms with Crippen molar-refractivity contribution < 1.29 is 35.5 Å². The van der Waals surface area contributed by atoms with Crippen LogP contribution in [0.25, 0.3) is 11.0 Å². The topological polar surface area (TPSA) is 75.0 Å². The Hall–Kier alpha value is -2.37. The first-order valence-electron chi connectivity index (χ1n) is 10.6. The van der Waals surface area contributed by atoms with Crippen molar-refractivity contribution in [1.82, 2.24) is 14.9 Å². The van der Waals surface area contributed by atoms with Gasteiger partial charge in [0.05, 0.1) is 30.6 Å². The molecule has 4 rings (SSSR count). The van der Waals surface area contributed by atoms with Gasteiger partial charge in [-0.15, -0.1) is 0 Å². The first-order chi connectivity index (χ1) is 15.4. The second kappa shape index (κ2) is 8.44. The lowest BCUT2D eigenvalue weighted by Crippen LogP contribution is -2.59. The van der Waals surface area contributed by atoms with Crippen LogP contribution in [-0.2, 0) is 4.79 Å². The maximum atomic E-state index is 15.3. The number of alkyl halides is 6. The third-order valence-electron chi connectivity index (χ3n) is 6.47. The minimum absolute atomic E-state index is 0.162. The molecule has 182 valence electrons. The standard InChI is InChI=1S/C21H23F7N4O/c22-14(23)7-12(19(33)32-8-21(27,28)9-32)11-1-2-13-17(15(11)24)31-18(30-13)16(29)10-3-5-20(25,26)6-4-10/h1-2,10,12,14,16H,3-9,29H2,(H,30,31)/t12?,16-/m0/s1. The molecule has 1 unspecified atom stereocenters. The summed E-state index contributed by atoms with van der Waals surface area (Å²) in [6, 6.07) is 1.73. The highest BCUT2D eigenvalue weighted by atomic mass is 19.3. The van der Waals surface area contributed by atoms with E-state index in [9.17, 15) is 31.1 Å². The molecular weight excluding hydrogens is 457 g/mol. The summed E-state index contributed by atoms with van der Waals surface area (Å²) >= 11 is 0. The van der Waals surface area contributed by atoms with Gasteiger partial charge in [0.1, 0.15) is 11.3 Å². The van der Waals surface area contributed by atoms with Crippen LogP contribution in [0.2, 0.25) is 0 Å². The summed E-state index contributed by atoms with van der Waals surface area (Å²) in [4.78, 5) is 20.3. The number of nitrogens with one attached hydrogen (secondary N) is 1. The average molecular weight is 480 g/mol. The number of nitrogens with zero attached hydrogens (tertiary/aromatic N) is 2. The van der Waals surface area contributed by atoms with Crippen molar-refractivity contribution >= 4 is 16.9 Å². The van der Waals surface area contributed by atoms with Crippen LogP contribution in [0, 0.1) is 11.7 Å². The predicted octanol–water partition coefficient (Wildman–Crippen LogP) is 4.74. The van der Waals surface area contributed by atoms with E-state index in [0.29, 0.717) is 0 Å². The lowest BCUT2D eigenvalue weighted by atomic mass is 9.82. The lowest BCUT2D eigenvalue weighted by molar-refractivity contribution is -0.168. The van der Waals surface area contributed by atoms with Crippen LogP contribution in [0.15, 0.2) is 12.1 Å². The van der Waals surface area contributed by atoms with Crippen LogP contribution >= 0.6 is 0 Å². The Labute approximate surface area is 184 Å². The van der Waals surface area contributed by atoms with Crippen molar-refractivity contribution in [1.29, 1.82) is 0 Å². The van der Waals surface area contributed by atoms with Gasteiger partial charge in [0.15, 0.2) is 5.82 Å². The fourth-order valence-corrected chi connectivity index (χ4v) is 4.58. The number of hydrogen-bond donors (Lipinski definition) is 2. The zero-order chi connectivity index (χ0) is 24.1. The molecule has 0 radical (unpaired) electrons. The molecule has 1 saturated heterocycles. The number of likely N-dealkylation sites (tertiary alicyclic amines) is 1. The lowest BCUT2D eigenvalue weighted by Gasteiger charge is -2.40. The SMILES string of the molecule is N[C@H](c1nc2c(F)c(C(CC(F)F)C(=O)N3CC(F)(F)C3)ccc2[nH]1)C1CCC(F)(F)CC1. The summed E-state index contributed by atoms with van der Waals surface area (Å²) in [5.74, 6) is -9.65. The van der Waals surface area contributed by atoms with Gasteiger partial charge < -0.3 is 15.6 Å². The molecule has 12 heteroatoms. The Kier molecular flexibility index (Phi) is 6.08. The van der Waals surface area contributed by atoms with Crippen molar-refractivity contribution in [2.75, 3.05) is 13.1 Å². The number of benzene rings is 1. The molecule has 1 aromatic heterocycles. The van der Waals surface area contributed by atoms with Gasteiger partial charge in [0.25, 0.3) is 5.92 Å². The quantitative estimate of drug-likeness (QED) is 0.587. The second-order valence-corrected chi connectivity index (χ2v) is 8.94. The van der Waals surface area contributed by atoms with Crippen LogP contribution < -0.4 is 5.73 Å². The smallest absolute Gasteiger partial charge is 0.282 e. The Morgan fingerprint density at radius 3 is 2.36 bits per heavy atom. The molecule has 2 fully saturated rings. The molecule has 0 bridgehead atoms. The van der Waals surface area contributed by atoms with Crippen LogP contribution in [0.1, 0.15) is 55.5 Å². The number of rotatable bonds is 6. The summed E-state index contributed by atoms with van der Waals surface area (Å²) in [7, 11) is 0. The number of fused-ring (bicyclic) bond motifs is 1. The first-order valence-corrected chi connectivity index (χ1v) is 10.6. The summed E-state index contributed by atoms with van der Waals surface area (Å²) in [5, 5.41) is 0. The van der Waals surface area contributed by atoms with Crippen molar-refractivity contribution in [2.45, 2.75) is 62.3 Å². The Bertz CT molecular complexity index is 1020. The number of carbonyl (C=O) groups excluding carboxylic acids is 1. The normalized spacial score (nSPS) is 22.4. The Morgan fingerprint density at radius 2 is 1.79 bits per heavy atom. The van der Waals surface area contributed by atoms with E-state index in [1.54, 1.807) is 0 Å². The molecule has 1 aliphatic heterocycles. The fraction of sp³-hybridized carbons (Fsp3) is 0.619. The highest BCUT2D eigenvalue weighted by molar-refractivity contribution is 5.87. The molecule has 1 amide bonds. The van der Waals surface area contributed by atoms with Crippen LogP contribution in [0.3, 0.4) is 0 Å². The number of amides is 1. The second-order valence-electron chi connectivity index (χ2n) is 8.94. The summed E-state index contributed by atoms with van der Waals surface area (Å²) in [6.45, 7) is -1.81. The van der Waals surface area contributed by atoms with E-state index in [1.807, 2.05) is 0 Å². The number of aromatic nitrogens is 2. The number of imidazole rings is 1. The van der Waals surface area contributed by atoms with Crippen molar-refractivity contribution in [3.63, 3.8) is 0 Å². The molecule has 0 spiro atoms. The van der Waals surface area contributed by atoms with E-state index < -0.39 is 61.5 Å². The van der Waals surface area contributed by atoms with Gasteiger partial charge in [-0.05, 0) is 24.8 Å². The summed E-state index contributed by atoms with van der Waals surface area (Å²) < 4.78 is 94.8. The molecule has 2 aliphatic rings. The number of aromatic amines is 1. The molecule has 2 aromatic rings. The zero-order valence-electron chi connectivity index (χ0n) is 17.4. The van der Waals surface area contributed by atoms with E-state index in [2.05, 4.69) is 9.97 Å². The molecular formula is C21H23F7N4O. The molecule has 3 N–H and O–H groups in total. The predicted molar refractivity (Wildman–Crippen MR) is 105 cm³/mol. The van der Waals surface area contributed by atoms with E-state index in [0.717, 1.165) is 11.0 Å². The van der Waals surface area contributed by atoms with Crippen LogP contribution in [0.5, 0.6) is 0 Å². The van der Waals surface area contributed by atoms with Gasteiger partial charge >= 0.3 is 0 Å². The number of H-pyrrole nitrogens is 1. The Morgan fingerprint density at radius 1 is 1.15 bits per heavy atom. The maximum Gasteiger partial charge on any atom is 0.282 e. The number of nitrogens with two attached hydrogens (primary N) is 1. The third kappa shape index (κ3) is 4.80. The first kappa shape index (κ1) is 23.8. The van der Waals surface area contributed by atoms with E-state index in [4.69, 9.17) is 5.73 Å². The Balaban J connectivity index is 1.60. The highest BCUT2D eigenvalue weighted by Gasteiger charge is 2.48. The van der Waals surface area contributed by atoms with Crippen LogP contribution in [0.4, 0.5) is 30.7 Å². The van der Waals surface area contributed by atoms with Gasteiger partial charge in [0.2, 0.25) is 18.3 Å². The fourth-order valence-electron chi connectivity index (χ4n) is 4.58. The molecule has 1 aliphatic carbocycles. The number of hydrogen-bond acceptors (Lipinski definition) is 3. The molecule has 33 heavy (non-hydrogen) atoms. The monoisotopic (exact) mass is 480 g/mol. The van der Waals surface area contributed by atoms with E-state index >= 15 is 4.39 Å². The molecule has 2 heterocycles. The van der Waals surface area contributed by atoms with Crippen molar-refractivity contribution in [3.8, 4) is 0 Å². The van der Waals surface area contributed by atoms with E-state index in [1.165, 1.54) is 6.07 Å². The minimum atomic E-state index is -3.09. The van der Waals surface area contributed by atoms with Gasteiger partial charge in [-0.3, -0.25) is 4.79 Å². The molecule has 2 atom stereocenters. The maximum absolute atomic E-state index is 15.3. The number of carbonyl (C=O) groups is 1.